The molecular weight excluding hydrogens is 309 g/mol. The molecule has 0 spiro atoms. The van der Waals surface area contributed by atoms with E-state index in [2.05, 4.69) is 26.0 Å². The number of hydrogen-bond donors (Lipinski definition) is 2. The number of aliphatic carboxylic acids is 1. The van der Waals surface area contributed by atoms with Crippen LogP contribution in [-0.2, 0) is 9.53 Å². The third kappa shape index (κ3) is 3.78. The first kappa shape index (κ1) is 14.6. The summed E-state index contributed by atoms with van der Waals surface area (Å²) >= 11 is 2.96. The second kappa shape index (κ2) is 6.46. The molecule has 0 fully saturated rings. The molecule has 7 heteroatoms. The molecule has 18 heavy (non-hydrogen) atoms. The van der Waals surface area contributed by atoms with Gasteiger partial charge in [-0.3, -0.25) is 4.79 Å². The Morgan fingerprint density at radius 3 is 2.72 bits per heavy atom. The zero-order valence-corrected chi connectivity index (χ0v) is 11.0. The molecule has 1 atom stereocenters. The lowest BCUT2D eigenvalue weighted by Crippen LogP contribution is -2.37. The largest absolute Gasteiger partial charge is 0.479 e. The quantitative estimate of drug-likeness (QED) is 0.860. The third-order valence-electron chi connectivity index (χ3n) is 2.19. The lowest BCUT2D eigenvalue weighted by Gasteiger charge is -2.11. The van der Waals surface area contributed by atoms with E-state index < -0.39 is 23.8 Å². The Kier molecular flexibility index (Phi) is 5.24. The highest BCUT2D eigenvalue weighted by Gasteiger charge is 2.17. The van der Waals surface area contributed by atoms with Crippen molar-refractivity contribution in [1.29, 1.82) is 0 Å². The van der Waals surface area contributed by atoms with Gasteiger partial charge < -0.3 is 15.2 Å². The Morgan fingerprint density at radius 2 is 2.22 bits per heavy atom. The van der Waals surface area contributed by atoms with Crippen molar-refractivity contribution in [3.63, 3.8) is 0 Å². The summed E-state index contributed by atoms with van der Waals surface area (Å²) in [5, 5.41) is 11.1. The average molecular weight is 320 g/mol. The van der Waals surface area contributed by atoms with Gasteiger partial charge >= 0.3 is 5.97 Å². The van der Waals surface area contributed by atoms with Crippen LogP contribution in [-0.4, -0.2) is 36.7 Å². The van der Waals surface area contributed by atoms with E-state index in [0.29, 0.717) is 0 Å². The Hall–Kier alpha value is -1.47. The van der Waals surface area contributed by atoms with Crippen molar-refractivity contribution in [2.75, 3.05) is 13.7 Å². The van der Waals surface area contributed by atoms with Gasteiger partial charge in [-0.2, -0.15) is 0 Å². The molecule has 1 aromatic rings. The molecule has 5 nitrogen and oxygen atoms in total. The zero-order chi connectivity index (χ0) is 13.7. The number of nitrogens with one attached hydrogen (secondary N) is 1. The van der Waals surface area contributed by atoms with Crippen LogP contribution >= 0.6 is 15.9 Å². The van der Waals surface area contributed by atoms with E-state index in [1.54, 1.807) is 0 Å². The normalized spacial score (nSPS) is 11.9. The van der Waals surface area contributed by atoms with Crippen LogP contribution in [0.3, 0.4) is 0 Å². The van der Waals surface area contributed by atoms with E-state index in [0.717, 1.165) is 6.07 Å². The molecule has 1 amide bonds. The van der Waals surface area contributed by atoms with E-state index in [4.69, 9.17) is 5.11 Å². The van der Waals surface area contributed by atoms with Crippen LogP contribution in [0.4, 0.5) is 4.39 Å². The van der Waals surface area contributed by atoms with Crippen LogP contribution < -0.4 is 5.32 Å². The molecule has 0 radical (unpaired) electrons. The smallest absolute Gasteiger partial charge is 0.334 e. The van der Waals surface area contributed by atoms with Crippen molar-refractivity contribution in [2.45, 2.75) is 6.10 Å². The molecule has 0 aliphatic carbocycles. The predicted molar refractivity (Wildman–Crippen MR) is 64.9 cm³/mol. The summed E-state index contributed by atoms with van der Waals surface area (Å²) in [4.78, 5) is 22.3. The topological polar surface area (TPSA) is 75.6 Å². The average Bonchev–Trinajstić information content (AvgIpc) is 2.32. The summed E-state index contributed by atoms with van der Waals surface area (Å²) in [5.41, 5.74) is 0.225. The minimum absolute atomic E-state index is 0.164. The highest BCUT2D eigenvalue weighted by molar-refractivity contribution is 9.10. The number of methoxy groups -OCH3 is 1. The molecule has 1 unspecified atom stereocenters. The first-order valence-corrected chi connectivity index (χ1v) is 5.74. The summed E-state index contributed by atoms with van der Waals surface area (Å²) in [6.45, 7) is -0.167. The number of carbonyl (C=O) groups excluding carboxylic acids is 1. The van der Waals surface area contributed by atoms with Crippen LogP contribution in [0.5, 0.6) is 0 Å². The molecule has 0 aliphatic heterocycles. The molecule has 0 aromatic heterocycles. The molecular formula is C11H11BrFNO4. The monoisotopic (exact) mass is 319 g/mol. The Bertz CT molecular complexity index is 466. The maximum atomic E-state index is 13.0. The number of ether oxygens (including phenoxy) is 1. The van der Waals surface area contributed by atoms with Gasteiger partial charge in [0.1, 0.15) is 5.82 Å². The standard InChI is InChI=1S/C11H11BrFNO4/c1-18-9(11(16)17)5-14-10(15)6-2-3-8(13)7(12)4-6/h2-4,9H,5H2,1H3,(H,14,15)(H,16,17). The van der Waals surface area contributed by atoms with Crippen molar-refractivity contribution >= 4 is 27.8 Å². The number of carbonyl (C=O) groups is 2. The second-order valence-corrected chi connectivity index (χ2v) is 4.26. The fourth-order valence-electron chi connectivity index (χ4n) is 1.20. The zero-order valence-electron chi connectivity index (χ0n) is 9.44. The molecule has 0 aliphatic rings. The minimum atomic E-state index is -1.17. The van der Waals surface area contributed by atoms with Gasteiger partial charge in [0.15, 0.2) is 6.10 Å². The van der Waals surface area contributed by atoms with Gasteiger partial charge in [-0.05, 0) is 34.1 Å². The summed E-state index contributed by atoms with van der Waals surface area (Å²) in [7, 11) is 1.24. The Balaban J connectivity index is 2.65. The first-order chi connectivity index (χ1) is 8.45. The summed E-state index contributed by atoms with van der Waals surface area (Å²) in [5.74, 6) is -2.15. The minimum Gasteiger partial charge on any atom is -0.479 e. The van der Waals surface area contributed by atoms with E-state index >= 15 is 0 Å². The van der Waals surface area contributed by atoms with Crippen molar-refractivity contribution in [2.24, 2.45) is 0 Å². The van der Waals surface area contributed by atoms with Gasteiger partial charge in [0.25, 0.3) is 5.91 Å². The fraction of sp³-hybridized carbons (Fsp3) is 0.273. The van der Waals surface area contributed by atoms with Crippen molar-refractivity contribution < 1.29 is 23.8 Å². The van der Waals surface area contributed by atoms with Crippen LogP contribution in [0, 0.1) is 5.82 Å². The number of hydrogen-bond acceptors (Lipinski definition) is 3. The van der Waals surface area contributed by atoms with Crippen LogP contribution in [0.25, 0.3) is 0 Å². The van der Waals surface area contributed by atoms with Gasteiger partial charge in [0, 0.05) is 12.7 Å². The van der Waals surface area contributed by atoms with Crippen molar-refractivity contribution in [3.8, 4) is 0 Å². The molecule has 0 heterocycles. The highest BCUT2D eigenvalue weighted by Crippen LogP contribution is 2.16. The number of halogens is 2. The number of rotatable bonds is 5. The molecule has 0 saturated carbocycles. The number of carboxylic acids is 1. The van der Waals surface area contributed by atoms with Crippen molar-refractivity contribution in [1.82, 2.24) is 5.32 Å². The van der Waals surface area contributed by atoms with E-state index in [1.807, 2.05) is 0 Å². The van der Waals surface area contributed by atoms with Crippen LogP contribution in [0.1, 0.15) is 10.4 Å². The Labute approximate surface area is 111 Å². The van der Waals surface area contributed by atoms with Crippen LogP contribution in [0.15, 0.2) is 22.7 Å². The van der Waals surface area contributed by atoms with Crippen molar-refractivity contribution in [3.05, 3.63) is 34.1 Å². The van der Waals surface area contributed by atoms with Gasteiger partial charge in [-0.1, -0.05) is 0 Å². The molecule has 0 bridgehead atoms. The molecule has 2 N–H and O–H groups in total. The molecule has 98 valence electrons. The van der Waals surface area contributed by atoms with Gasteiger partial charge in [0.2, 0.25) is 0 Å². The fourth-order valence-corrected chi connectivity index (χ4v) is 1.58. The molecule has 0 saturated heterocycles. The van der Waals surface area contributed by atoms with E-state index in [1.165, 1.54) is 19.2 Å². The lowest BCUT2D eigenvalue weighted by atomic mass is 10.2. The van der Waals surface area contributed by atoms with Gasteiger partial charge in [-0.15, -0.1) is 0 Å². The van der Waals surface area contributed by atoms with Gasteiger partial charge in [0.05, 0.1) is 11.0 Å². The molecule has 1 rings (SSSR count). The number of benzene rings is 1. The summed E-state index contributed by atoms with van der Waals surface area (Å²) < 4.78 is 17.8. The summed E-state index contributed by atoms with van der Waals surface area (Å²) in [6.07, 6.45) is -1.11. The lowest BCUT2D eigenvalue weighted by molar-refractivity contribution is -0.148. The van der Waals surface area contributed by atoms with E-state index in [9.17, 15) is 14.0 Å². The number of amides is 1. The SMILES string of the molecule is COC(CNC(=O)c1ccc(F)c(Br)c1)C(=O)O. The van der Waals surface area contributed by atoms with Crippen LogP contribution in [0.2, 0.25) is 0 Å². The van der Waals surface area contributed by atoms with E-state index in [-0.39, 0.29) is 16.6 Å². The van der Waals surface area contributed by atoms with Gasteiger partial charge in [-0.25, -0.2) is 9.18 Å². The predicted octanol–water partition coefficient (Wildman–Crippen LogP) is 1.42. The second-order valence-electron chi connectivity index (χ2n) is 3.40. The first-order valence-electron chi connectivity index (χ1n) is 4.94. The third-order valence-corrected chi connectivity index (χ3v) is 2.80. The highest BCUT2D eigenvalue weighted by atomic mass is 79.9. The molecule has 1 aromatic carbocycles. The summed E-state index contributed by atoms with van der Waals surface area (Å²) in [6, 6.07) is 3.76. The maximum absolute atomic E-state index is 13.0. The maximum Gasteiger partial charge on any atom is 0.334 e. The Morgan fingerprint density at radius 1 is 1.56 bits per heavy atom. The number of carboxylic acid groups (broad SMARTS) is 1.